The van der Waals surface area contributed by atoms with Crippen molar-refractivity contribution in [3.8, 4) is 6.07 Å². The van der Waals surface area contributed by atoms with Crippen LogP contribution in [0.25, 0.3) is 0 Å². The normalized spacial score (nSPS) is 11.9. The summed E-state index contributed by atoms with van der Waals surface area (Å²) in [4.78, 5) is 10.3. The van der Waals surface area contributed by atoms with Crippen LogP contribution in [-0.4, -0.2) is 11.1 Å². The molecule has 1 N–H and O–H groups in total. The summed E-state index contributed by atoms with van der Waals surface area (Å²) in [5, 5.41) is 15.8. The summed E-state index contributed by atoms with van der Waals surface area (Å²) in [5.41, 5.74) is 0. The van der Waals surface area contributed by atoms with Crippen LogP contribution in [0.3, 0.4) is 0 Å². The van der Waals surface area contributed by atoms with Gasteiger partial charge in [0, 0.05) is 13.3 Å². The SMILES string of the molecule is CC#N.CC/C=C\C/C=C\C/C=C\C/C=C\C/C=C\C/C=C\CCC(=O)O. The molecule has 0 rings (SSSR count). The first kappa shape index (κ1) is 26.6. The Kier molecular flexibility index (Phi) is 25.3. The number of aliphatic carboxylic acids is 1. The van der Waals surface area contributed by atoms with E-state index in [-0.39, 0.29) is 6.42 Å². The lowest BCUT2D eigenvalue weighted by molar-refractivity contribution is -0.136. The molecule has 0 heterocycles. The quantitative estimate of drug-likeness (QED) is 0.333. The van der Waals surface area contributed by atoms with Crippen LogP contribution in [0.1, 0.15) is 65.2 Å². The summed E-state index contributed by atoms with van der Waals surface area (Å²) in [6.07, 6.45) is 32.5. The zero-order valence-corrected chi connectivity index (χ0v) is 16.9. The number of carbonyl (C=O) groups is 1. The lowest BCUT2D eigenvalue weighted by Gasteiger charge is -1.87. The average Bonchev–Trinajstić information content (AvgIpc) is 2.64. The van der Waals surface area contributed by atoms with Crippen LogP contribution in [0.15, 0.2) is 72.9 Å². The van der Waals surface area contributed by atoms with Gasteiger partial charge in [0.2, 0.25) is 0 Å². The second-order valence-corrected chi connectivity index (χ2v) is 5.57. The molecule has 0 atom stereocenters. The van der Waals surface area contributed by atoms with Gasteiger partial charge in [-0.3, -0.25) is 4.79 Å². The van der Waals surface area contributed by atoms with Gasteiger partial charge in [0.05, 0.1) is 6.07 Å². The van der Waals surface area contributed by atoms with Gasteiger partial charge in [-0.15, -0.1) is 0 Å². The van der Waals surface area contributed by atoms with Gasteiger partial charge in [0.1, 0.15) is 0 Å². The molecule has 0 fully saturated rings. The van der Waals surface area contributed by atoms with E-state index in [4.69, 9.17) is 10.4 Å². The van der Waals surface area contributed by atoms with Crippen molar-refractivity contribution >= 4 is 5.97 Å². The first-order valence-corrected chi connectivity index (χ1v) is 9.61. The first-order valence-electron chi connectivity index (χ1n) is 9.61. The maximum absolute atomic E-state index is 10.3. The number of rotatable bonds is 14. The maximum atomic E-state index is 10.3. The molecule has 0 aliphatic rings. The van der Waals surface area contributed by atoms with Gasteiger partial charge in [0.25, 0.3) is 0 Å². The highest BCUT2D eigenvalue weighted by molar-refractivity contribution is 5.66. The fourth-order valence-electron chi connectivity index (χ4n) is 1.85. The van der Waals surface area contributed by atoms with Crippen molar-refractivity contribution in [3.63, 3.8) is 0 Å². The molecule has 3 heteroatoms. The summed E-state index contributed by atoms with van der Waals surface area (Å²) in [5.74, 6) is -0.741. The topological polar surface area (TPSA) is 61.1 Å². The summed E-state index contributed by atoms with van der Waals surface area (Å²) in [6.45, 7) is 3.58. The van der Waals surface area contributed by atoms with Crippen LogP contribution in [0.5, 0.6) is 0 Å². The lowest BCUT2D eigenvalue weighted by atomic mass is 10.2. The highest BCUT2D eigenvalue weighted by atomic mass is 16.4. The third kappa shape index (κ3) is 31.7. The zero-order valence-electron chi connectivity index (χ0n) is 16.9. The molecule has 0 aromatic heterocycles. The van der Waals surface area contributed by atoms with Gasteiger partial charge in [-0.1, -0.05) is 79.8 Å². The number of allylic oxidation sites excluding steroid dienone is 12. The number of hydrogen-bond acceptors (Lipinski definition) is 2. The third-order valence-corrected chi connectivity index (χ3v) is 3.12. The van der Waals surface area contributed by atoms with E-state index in [1.165, 1.54) is 6.92 Å². The van der Waals surface area contributed by atoms with Crippen LogP contribution < -0.4 is 0 Å². The fraction of sp³-hybridized carbons (Fsp3) is 0.417. The largest absolute Gasteiger partial charge is 0.481 e. The Bertz CT molecular complexity index is 543. The van der Waals surface area contributed by atoms with Crippen LogP contribution >= 0.6 is 0 Å². The molecule has 0 amide bonds. The lowest BCUT2D eigenvalue weighted by Crippen LogP contribution is -1.91. The fourth-order valence-corrected chi connectivity index (χ4v) is 1.85. The highest BCUT2D eigenvalue weighted by Gasteiger charge is 1.90. The zero-order chi connectivity index (χ0) is 20.4. The first-order chi connectivity index (χ1) is 13.2. The maximum Gasteiger partial charge on any atom is 0.303 e. The monoisotopic (exact) mass is 369 g/mol. The van der Waals surface area contributed by atoms with Gasteiger partial charge in [-0.05, 0) is 44.9 Å². The highest BCUT2D eigenvalue weighted by Crippen LogP contribution is 1.97. The molecule has 148 valence electrons. The minimum Gasteiger partial charge on any atom is -0.481 e. The Morgan fingerprint density at radius 1 is 0.741 bits per heavy atom. The van der Waals surface area contributed by atoms with Crippen LogP contribution in [-0.2, 0) is 4.79 Å². The van der Waals surface area contributed by atoms with Crippen molar-refractivity contribution in [2.24, 2.45) is 0 Å². The standard InChI is InChI=1S/C22H32O2.C2H3N/c1-2-3-4-5-6-7-8-9-10-11-12-13-14-15-16-17-18-19-20-21-22(23)24;1-2-3/h3-4,6-7,9-10,12-13,15-16,18-19H,2,5,8,11,14,17,20-21H2,1H3,(H,23,24);1H3/b4-3-,7-6-,10-9-,13-12-,16-15-,19-18-;. The molecule has 0 aromatic rings. The number of hydrogen-bond donors (Lipinski definition) is 1. The molecule has 0 saturated carbocycles. The second-order valence-electron chi connectivity index (χ2n) is 5.57. The van der Waals surface area contributed by atoms with Crippen molar-refractivity contribution < 1.29 is 9.90 Å². The van der Waals surface area contributed by atoms with Crippen LogP contribution in [0.2, 0.25) is 0 Å². The van der Waals surface area contributed by atoms with Crippen molar-refractivity contribution in [3.05, 3.63) is 72.9 Å². The van der Waals surface area contributed by atoms with Crippen LogP contribution in [0.4, 0.5) is 0 Å². The van der Waals surface area contributed by atoms with E-state index in [1.807, 2.05) is 12.2 Å². The molecular weight excluding hydrogens is 334 g/mol. The molecule has 0 aliphatic carbocycles. The van der Waals surface area contributed by atoms with Crippen LogP contribution in [0, 0.1) is 11.3 Å². The van der Waals surface area contributed by atoms with Gasteiger partial charge in [-0.2, -0.15) is 5.26 Å². The summed E-state index contributed by atoms with van der Waals surface area (Å²) in [7, 11) is 0. The summed E-state index contributed by atoms with van der Waals surface area (Å²) >= 11 is 0. The molecule has 0 aromatic carbocycles. The van der Waals surface area contributed by atoms with E-state index in [0.29, 0.717) is 6.42 Å². The summed E-state index contributed by atoms with van der Waals surface area (Å²) < 4.78 is 0. The van der Waals surface area contributed by atoms with Gasteiger partial charge >= 0.3 is 5.97 Å². The smallest absolute Gasteiger partial charge is 0.303 e. The van der Waals surface area contributed by atoms with Gasteiger partial charge in [-0.25, -0.2) is 0 Å². The Morgan fingerprint density at radius 2 is 1.04 bits per heavy atom. The van der Waals surface area contributed by atoms with Crippen molar-refractivity contribution in [1.82, 2.24) is 0 Å². The van der Waals surface area contributed by atoms with Crippen molar-refractivity contribution in [2.75, 3.05) is 0 Å². The molecule has 0 aliphatic heterocycles. The Morgan fingerprint density at radius 3 is 1.33 bits per heavy atom. The number of carboxylic acid groups (broad SMARTS) is 1. The Labute approximate surface area is 165 Å². The summed E-state index contributed by atoms with van der Waals surface area (Å²) in [6, 6.07) is 1.75. The molecular formula is C24H35NO2. The van der Waals surface area contributed by atoms with Crippen molar-refractivity contribution in [2.45, 2.75) is 65.2 Å². The molecule has 27 heavy (non-hydrogen) atoms. The minimum atomic E-state index is -0.741. The van der Waals surface area contributed by atoms with E-state index < -0.39 is 5.97 Å². The number of carboxylic acids is 1. The molecule has 0 saturated heterocycles. The van der Waals surface area contributed by atoms with Gasteiger partial charge < -0.3 is 5.11 Å². The van der Waals surface area contributed by atoms with E-state index in [9.17, 15) is 4.79 Å². The minimum absolute atomic E-state index is 0.210. The number of nitriles is 1. The second kappa shape index (κ2) is 25.6. The predicted molar refractivity (Wildman–Crippen MR) is 116 cm³/mol. The van der Waals surface area contributed by atoms with E-state index >= 15 is 0 Å². The van der Waals surface area contributed by atoms with Crippen molar-refractivity contribution in [1.29, 1.82) is 5.26 Å². The molecule has 0 radical (unpaired) electrons. The average molecular weight is 370 g/mol. The predicted octanol–water partition coefficient (Wildman–Crippen LogP) is 7.08. The Balaban J connectivity index is 0. The third-order valence-electron chi connectivity index (χ3n) is 3.12. The molecule has 0 spiro atoms. The molecule has 0 unspecified atom stereocenters. The Hall–Kier alpha value is -2.60. The van der Waals surface area contributed by atoms with Gasteiger partial charge in [0.15, 0.2) is 0 Å². The van der Waals surface area contributed by atoms with E-state index in [0.717, 1.165) is 38.5 Å². The molecule has 0 bridgehead atoms. The molecule has 3 nitrogen and oxygen atoms in total. The van der Waals surface area contributed by atoms with E-state index in [2.05, 4.69) is 67.7 Å². The van der Waals surface area contributed by atoms with E-state index in [1.54, 1.807) is 6.07 Å². The number of nitrogens with zero attached hydrogens (tertiary/aromatic N) is 1.